The van der Waals surface area contributed by atoms with Crippen molar-refractivity contribution in [3.63, 3.8) is 0 Å². The molecule has 7 rings (SSSR count). The Labute approximate surface area is 233 Å². The minimum absolute atomic E-state index is 0.249. The van der Waals surface area contributed by atoms with Gasteiger partial charge in [0.1, 0.15) is 41.0 Å². The minimum atomic E-state index is -0.642. The Hall–Kier alpha value is -5.25. The molecule has 204 valence electrons. The molecule has 2 N–H and O–H groups in total. The lowest BCUT2D eigenvalue weighted by Crippen LogP contribution is -2.16. The van der Waals surface area contributed by atoms with Gasteiger partial charge in [-0.05, 0) is 55.0 Å². The molecule has 10 heteroatoms. The fourth-order valence-corrected chi connectivity index (χ4v) is 5.26. The zero-order valence-corrected chi connectivity index (χ0v) is 22.0. The molecule has 3 aromatic carbocycles. The van der Waals surface area contributed by atoms with Crippen LogP contribution in [0.2, 0.25) is 0 Å². The highest BCUT2D eigenvalue weighted by atomic mass is 19.1. The summed E-state index contributed by atoms with van der Waals surface area (Å²) in [7, 11) is 0. The van der Waals surface area contributed by atoms with Gasteiger partial charge in [0.2, 0.25) is 5.43 Å². The third kappa shape index (κ3) is 4.15. The molecule has 3 aromatic heterocycles. The number of para-hydroxylation sites is 1. The Morgan fingerprint density at radius 3 is 2.63 bits per heavy atom. The second-order valence-corrected chi connectivity index (χ2v) is 9.82. The smallest absolute Gasteiger partial charge is 0.200 e. The number of ether oxygens (including phenoxy) is 2. The molecule has 1 atom stereocenters. The Balaban J connectivity index is 1.46. The van der Waals surface area contributed by atoms with Crippen LogP contribution in [0.15, 0.2) is 82.3 Å². The highest BCUT2D eigenvalue weighted by molar-refractivity contribution is 5.98. The van der Waals surface area contributed by atoms with Crippen LogP contribution >= 0.6 is 0 Å². The van der Waals surface area contributed by atoms with E-state index in [0.29, 0.717) is 63.7 Å². The molecular formula is C31H24FN5O4. The molecule has 0 spiro atoms. The first kappa shape index (κ1) is 24.8. The Kier molecular flexibility index (Phi) is 5.88. The van der Waals surface area contributed by atoms with E-state index < -0.39 is 11.9 Å². The van der Waals surface area contributed by atoms with Gasteiger partial charge in [-0.1, -0.05) is 24.3 Å². The van der Waals surface area contributed by atoms with E-state index in [9.17, 15) is 9.18 Å². The van der Waals surface area contributed by atoms with Crippen molar-refractivity contribution in [3.05, 3.63) is 94.9 Å². The van der Waals surface area contributed by atoms with E-state index in [1.54, 1.807) is 41.1 Å². The summed E-state index contributed by atoms with van der Waals surface area (Å²) < 4.78 is 34.1. The van der Waals surface area contributed by atoms with E-state index in [0.717, 1.165) is 12.0 Å². The van der Waals surface area contributed by atoms with Crippen LogP contribution in [-0.2, 0) is 0 Å². The van der Waals surface area contributed by atoms with Gasteiger partial charge in [-0.3, -0.25) is 4.79 Å². The van der Waals surface area contributed by atoms with Crippen molar-refractivity contribution in [1.82, 2.24) is 19.7 Å². The molecule has 6 aromatic rings. The normalized spacial score (nSPS) is 13.8. The van der Waals surface area contributed by atoms with Gasteiger partial charge < -0.3 is 19.6 Å². The summed E-state index contributed by atoms with van der Waals surface area (Å²) >= 11 is 0. The van der Waals surface area contributed by atoms with Crippen molar-refractivity contribution in [1.29, 1.82) is 0 Å². The van der Waals surface area contributed by atoms with Gasteiger partial charge in [0.25, 0.3) is 0 Å². The van der Waals surface area contributed by atoms with E-state index in [1.165, 1.54) is 18.5 Å². The fourth-order valence-electron chi connectivity index (χ4n) is 5.26. The molecule has 0 saturated heterocycles. The van der Waals surface area contributed by atoms with Crippen molar-refractivity contribution in [2.24, 2.45) is 0 Å². The number of hydrogen-bond donors (Lipinski definition) is 1. The third-order valence-corrected chi connectivity index (χ3v) is 7.22. The predicted molar refractivity (Wildman–Crippen MR) is 152 cm³/mol. The van der Waals surface area contributed by atoms with Crippen LogP contribution in [0.25, 0.3) is 44.4 Å². The molecule has 0 aliphatic carbocycles. The summed E-state index contributed by atoms with van der Waals surface area (Å²) in [5.74, 6) is 1.37. The molecule has 1 aliphatic heterocycles. The van der Waals surface area contributed by atoms with Gasteiger partial charge in [-0.2, -0.15) is 5.10 Å². The Bertz CT molecular complexity index is 2020. The van der Waals surface area contributed by atoms with Gasteiger partial charge >= 0.3 is 0 Å². The molecule has 0 fully saturated rings. The summed E-state index contributed by atoms with van der Waals surface area (Å²) in [5.41, 5.74) is 8.88. The SMILES string of the molecule is CC(c1oc2ccccc2c(=O)c1-c1cccc(F)c1)n1nc(-c2ccc3c(c2)OCCCO3)c2c(N)ncnc21. The van der Waals surface area contributed by atoms with E-state index in [4.69, 9.17) is 24.7 Å². The van der Waals surface area contributed by atoms with E-state index in [2.05, 4.69) is 9.97 Å². The molecule has 0 radical (unpaired) electrons. The lowest BCUT2D eigenvalue weighted by molar-refractivity contribution is 0.297. The molecule has 0 amide bonds. The first-order chi connectivity index (χ1) is 20.0. The second-order valence-electron chi connectivity index (χ2n) is 9.82. The van der Waals surface area contributed by atoms with Gasteiger partial charge in [-0.15, -0.1) is 0 Å². The van der Waals surface area contributed by atoms with Crippen molar-refractivity contribution < 1.29 is 18.3 Å². The molecule has 0 bridgehead atoms. The number of rotatable bonds is 4. The van der Waals surface area contributed by atoms with E-state index >= 15 is 0 Å². The molecule has 1 aliphatic rings. The number of halogens is 1. The summed E-state index contributed by atoms with van der Waals surface area (Å²) in [6, 6.07) is 17.8. The third-order valence-electron chi connectivity index (χ3n) is 7.22. The zero-order chi connectivity index (χ0) is 28.1. The maximum absolute atomic E-state index is 14.3. The quantitative estimate of drug-likeness (QED) is 0.295. The number of nitrogens with two attached hydrogens (primary N) is 1. The van der Waals surface area contributed by atoms with E-state index in [1.807, 2.05) is 25.1 Å². The Morgan fingerprint density at radius 1 is 0.951 bits per heavy atom. The van der Waals surface area contributed by atoms with Crippen molar-refractivity contribution in [2.45, 2.75) is 19.4 Å². The predicted octanol–water partition coefficient (Wildman–Crippen LogP) is 5.76. The van der Waals surface area contributed by atoms with Crippen LogP contribution in [0.3, 0.4) is 0 Å². The summed E-state index contributed by atoms with van der Waals surface area (Å²) in [5, 5.41) is 5.87. The highest BCUT2D eigenvalue weighted by Crippen LogP contribution is 2.39. The standard InChI is InChI=1S/C31H24FN5O4/c1-17(29-25(18-6-4-7-20(32)14-18)28(38)21-8-2-3-9-22(21)41-29)37-31-26(30(33)34-16-35-31)27(36-37)19-10-11-23-24(15-19)40-13-5-12-39-23/h2-4,6-11,14-17H,5,12-13H2,1H3,(H2,33,34,35). The first-order valence-corrected chi connectivity index (χ1v) is 13.2. The van der Waals surface area contributed by atoms with Crippen molar-refractivity contribution >= 4 is 27.8 Å². The van der Waals surface area contributed by atoms with Crippen LogP contribution < -0.4 is 20.6 Å². The average molecular weight is 550 g/mol. The maximum atomic E-state index is 14.3. The largest absolute Gasteiger partial charge is 0.490 e. The summed E-state index contributed by atoms with van der Waals surface area (Å²) in [6.45, 7) is 2.96. The number of anilines is 1. The minimum Gasteiger partial charge on any atom is -0.490 e. The highest BCUT2D eigenvalue weighted by Gasteiger charge is 2.27. The van der Waals surface area contributed by atoms with Crippen LogP contribution in [0.5, 0.6) is 11.5 Å². The van der Waals surface area contributed by atoms with Gasteiger partial charge in [-0.25, -0.2) is 19.0 Å². The molecule has 9 nitrogen and oxygen atoms in total. The van der Waals surface area contributed by atoms with Gasteiger partial charge in [0.05, 0.1) is 29.5 Å². The number of benzene rings is 3. The zero-order valence-electron chi connectivity index (χ0n) is 22.0. The average Bonchev–Trinajstić information content (AvgIpc) is 3.22. The summed E-state index contributed by atoms with van der Waals surface area (Å²) in [4.78, 5) is 22.5. The second kappa shape index (κ2) is 9.74. The summed E-state index contributed by atoms with van der Waals surface area (Å²) in [6.07, 6.45) is 2.15. The van der Waals surface area contributed by atoms with Crippen molar-refractivity contribution in [3.8, 4) is 33.9 Å². The molecule has 4 heterocycles. The topological polar surface area (TPSA) is 118 Å². The first-order valence-electron chi connectivity index (χ1n) is 13.2. The maximum Gasteiger partial charge on any atom is 0.200 e. The number of nitrogen functional groups attached to an aromatic ring is 1. The molecule has 1 unspecified atom stereocenters. The lowest BCUT2D eigenvalue weighted by atomic mass is 9.99. The van der Waals surface area contributed by atoms with Crippen molar-refractivity contribution in [2.75, 3.05) is 18.9 Å². The van der Waals surface area contributed by atoms with Crippen LogP contribution in [0.1, 0.15) is 25.1 Å². The van der Waals surface area contributed by atoms with Gasteiger partial charge in [0, 0.05) is 12.0 Å². The monoisotopic (exact) mass is 549 g/mol. The molecule has 0 saturated carbocycles. The number of aromatic nitrogens is 4. The number of hydrogen-bond acceptors (Lipinski definition) is 8. The van der Waals surface area contributed by atoms with Crippen LogP contribution in [0, 0.1) is 5.82 Å². The fraction of sp³-hybridized carbons (Fsp3) is 0.161. The van der Waals surface area contributed by atoms with Gasteiger partial charge in [0.15, 0.2) is 17.1 Å². The van der Waals surface area contributed by atoms with Crippen LogP contribution in [-0.4, -0.2) is 33.0 Å². The lowest BCUT2D eigenvalue weighted by Gasteiger charge is -2.17. The van der Waals surface area contributed by atoms with Crippen LogP contribution in [0.4, 0.5) is 10.2 Å². The van der Waals surface area contributed by atoms with E-state index in [-0.39, 0.29) is 16.8 Å². The number of fused-ring (bicyclic) bond motifs is 3. The Morgan fingerprint density at radius 2 is 1.78 bits per heavy atom. The number of nitrogens with zero attached hydrogens (tertiary/aromatic N) is 4. The molecule has 41 heavy (non-hydrogen) atoms. The molecular weight excluding hydrogens is 525 g/mol.